The Morgan fingerprint density at radius 3 is 2.10 bits per heavy atom. The van der Waals surface area contributed by atoms with E-state index >= 15 is 0 Å². The van der Waals surface area contributed by atoms with E-state index in [-0.39, 0.29) is 0 Å². The molecule has 0 unspecified atom stereocenters. The highest BCUT2D eigenvalue weighted by molar-refractivity contribution is 7.26. The lowest BCUT2D eigenvalue weighted by atomic mass is 9.95. The molecule has 0 N–H and O–H groups in total. The predicted molar refractivity (Wildman–Crippen MR) is 206 cm³/mol. The number of rotatable bonds is 4. The molecular formula is C45H25N3OS. The molecule has 4 nitrogen and oxygen atoms in total. The number of nitriles is 1. The van der Waals surface area contributed by atoms with Gasteiger partial charge in [-0.05, 0) is 58.0 Å². The van der Waals surface area contributed by atoms with Crippen molar-refractivity contribution in [3.8, 4) is 51.0 Å². The van der Waals surface area contributed by atoms with Gasteiger partial charge in [-0.1, -0.05) is 121 Å². The summed E-state index contributed by atoms with van der Waals surface area (Å²) in [4.78, 5) is 10.7. The van der Waals surface area contributed by atoms with Crippen molar-refractivity contribution in [1.29, 1.82) is 5.26 Å². The van der Waals surface area contributed by atoms with Gasteiger partial charge in [0, 0.05) is 37.4 Å². The second-order valence-electron chi connectivity index (χ2n) is 12.4. The Kier molecular flexibility index (Phi) is 6.38. The molecule has 3 aromatic heterocycles. The van der Waals surface area contributed by atoms with Crippen LogP contribution in [0.25, 0.3) is 97.9 Å². The van der Waals surface area contributed by atoms with Gasteiger partial charge >= 0.3 is 0 Å². The van der Waals surface area contributed by atoms with Crippen LogP contribution in [0.1, 0.15) is 5.56 Å². The zero-order chi connectivity index (χ0) is 33.2. The predicted octanol–water partition coefficient (Wildman–Crippen LogP) is 12.4. The summed E-state index contributed by atoms with van der Waals surface area (Å²) in [5, 5.41) is 14.8. The van der Waals surface area contributed by atoms with Crippen molar-refractivity contribution in [2.75, 3.05) is 0 Å². The van der Waals surface area contributed by atoms with Gasteiger partial charge < -0.3 is 4.42 Å². The van der Waals surface area contributed by atoms with Gasteiger partial charge in [-0.3, -0.25) is 0 Å². The largest absolute Gasteiger partial charge is 0.455 e. The Labute approximate surface area is 291 Å². The van der Waals surface area contributed by atoms with Crippen molar-refractivity contribution in [3.05, 3.63) is 157 Å². The van der Waals surface area contributed by atoms with Gasteiger partial charge in [-0.25, -0.2) is 9.97 Å². The number of aromatic nitrogens is 2. The fourth-order valence-electron chi connectivity index (χ4n) is 7.19. The molecule has 50 heavy (non-hydrogen) atoms. The molecule has 5 heteroatoms. The highest BCUT2D eigenvalue weighted by atomic mass is 32.1. The summed E-state index contributed by atoms with van der Waals surface area (Å²) in [6.45, 7) is 0. The lowest BCUT2D eigenvalue weighted by Gasteiger charge is -2.11. The molecule has 0 spiro atoms. The maximum absolute atomic E-state index is 9.44. The topological polar surface area (TPSA) is 62.7 Å². The molecule has 0 amide bonds. The van der Waals surface area contributed by atoms with E-state index in [2.05, 4.69) is 127 Å². The summed E-state index contributed by atoms with van der Waals surface area (Å²) in [6.07, 6.45) is 0. The number of furan rings is 1. The molecule has 0 atom stereocenters. The molecule has 0 saturated heterocycles. The molecule has 0 radical (unpaired) electrons. The van der Waals surface area contributed by atoms with Crippen LogP contribution >= 0.6 is 11.3 Å². The number of thiophene rings is 1. The van der Waals surface area contributed by atoms with E-state index in [4.69, 9.17) is 14.4 Å². The number of hydrogen-bond donors (Lipinski definition) is 0. The third kappa shape index (κ3) is 4.43. The van der Waals surface area contributed by atoms with Crippen LogP contribution in [0.15, 0.2) is 156 Å². The van der Waals surface area contributed by atoms with Gasteiger partial charge in [0.2, 0.25) is 0 Å². The Morgan fingerprint density at radius 2 is 1.26 bits per heavy atom. The van der Waals surface area contributed by atoms with Crippen LogP contribution in [0.3, 0.4) is 0 Å². The van der Waals surface area contributed by atoms with E-state index in [1.54, 1.807) is 11.3 Å². The summed E-state index contributed by atoms with van der Waals surface area (Å²) in [5.74, 6) is 0.673. The normalized spacial score (nSPS) is 11.6. The molecule has 0 aliphatic carbocycles. The first-order valence-corrected chi connectivity index (χ1v) is 17.3. The van der Waals surface area contributed by atoms with Crippen molar-refractivity contribution in [2.24, 2.45) is 0 Å². The minimum Gasteiger partial charge on any atom is -0.455 e. The summed E-state index contributed by atoms with van der Waals surface area (Å²) in [6, 6.07) is 54.3. The Morgan fingerprint density at radius 1 is 0.540 bits per heavy atom. The van der Waals surface area contributed by atoms with E-state index in [9.17, 15) is 5.26 Å². The summed E-state index contributed by atoms with van der Waals surface area (Å²) in [7, 11) is 0. The average Bonchev–Trinajstić information content (AvgIpc) is 3.76. The van der Waals surface area contributed by atoms with Crippen molar-refractivity contribution in [1.82, 2.24) is 9.97 Å². The SMILES string of the molecule is N#Cc1cccc(-c2ccc(-c3nc(-c4cc5c(oc6cccc(-c7ccccc7)c65)c5ccccc45)nc4c3sc3ccccc34)cc2)c1. The van der Waals surface area contributed by atoms with Crippen molar-refractivity contribution in [2.45, 2.75) is 0 Å². The summed E-state index contributed by atoms with van der Waals surface area (Å²) >= 11 is 1.73. The number of fused-ring (bicyclic) bond motifs is 8. The van der Waals surface area contributed by atoms with Crippen LogP contribution < -0.4 is 0 Å². The van der Waals surface area contributed by atoms with Gasteiger partial charge in [0.25, 0.3) is 0 Å². The molecule has 10 rings (SSSR count). The molecular weight excluding hydrogens is 631 g/mol. The lowest BCUT2D eigenvalue weighted by molar-refractivity contribution is 0.673. The smallest absolute Gasteiger partial charge is 0.161 e. The third-order valence-electron chi connectivity index (χ3n) is 9.53. The fourth-order valence-corrected chi connectivity index (χ4v) is 8.34. The van der Waals surface area contributed by atoms with Gasteiger partial charge in [-0.15, -0.1) is 11.3 Å². The van der Waals surface area contributed by atoms with E-state index in [1.807, 2.05) is 30.3 Å². The molecule has 0 bridgehead atoms. The van der Waals surface area contributed by atoms with Crippen LogP contribution in [-0.4, -0.2) is 9.97 Å². The highest BCUT2D eigenvalue weighted by Crippen LogP contribution is 2.44. The first-order valence-electron chi connectivity index (χ1n) is 16.5. The molecule has 0 saturated carbocycles. The maximum Gasteiger partial charge on any atom is 0.161 e. The number of benzene rings is 7. The van der Waals surface area contributed by atoms with E-state index in [0.29, 0.717) is 11.4 Å². The Balaban J connectivity index is 1.25. The second-order valence-corrected chi connectivity index (χ2v) is 13.5. The standard InChI is InChI=1S/C45H25N3OS/c46-26-27-10-8-13-31(24-27)28-20-22-30(23-21-28)41-44-42(35-16-6-7-19-39(35)50-44)48-45(47-41)36-25-37-40-32(29-11-2-1-3-12-29)17-9-18-38(40)49-43(37)34-15-5-4-14-33(34)36/h1-25H. The van der Waals surface area contributed by atoms with E-state index in [0.717, 1.165) is 87.4 Å². The van der Waals surface area contributed by atoms with Gasteiger partial charge in [0.1, 0.15) is 11.2 Å². The first kappa shape index (κ1) is 28.4. The van der Waals surface area contributed by atoms with Crippen molar-refractivity contribution < 1.29 is 4.42 Å². The summed E-state index contributed by atoms with van der Waals surface area (Å²) in [5.41, 5.74) is 10.5. The Bertz CT molecular complexity index is 2990. The lowest BCUT2D eigenvalue weighted by Crippen LogP contribution is -1.95. The quantitative estimate of drug-likeness (QED) is 0.189. The molecule has 232 valence electrons. The zero-order valence-corrected chi connectivity index (χ0v) is 27.4. The van der Waals surface area contributed by atoms with Crippen LogP contribution in [0.4, 0.5) is 0 Å². The minimum absolute atomic E-state index is 0.643. The van der Waals surface area contributed by atoms with Gasteiger partial charge in [0.05, 0.1) is 27.5 Å². The average molecular weight is 656 g/mol. The highest BCUT2D eigenvalue weighted by Gasteiger charge is 2.21. The molecule has 0 aliphatic heterocycles. The molecule has 3 heterocycles. The van der Waals surface area contributed by atoms with Crippen LogP contribution in [0.2, 0.25) is 0 Å². The molecule has 10 aromatic rings. The summed E-state index contributed by atoms with van der Waals surface area (Å²) < 4.78 is 8.86. The maximum atomic E-state index is 9.44. The van der Waals surface area contributed by atoms with E-state index < -0.39 is 0 Å². The fraction of sp³-hybridized carbons (Fsp3) is 0. The molecule has 0 aliphatic rings. The number of hydrogen-bond acceptors (Lipinski definition) is 5. The second kappa shape index (κ2) is 11.2. The number of nitrogens with zero attached hydrogens (tertiary/aromatic N) is 3. The molecule has 7 aromatic carbocycles. The van der Waals surface area contributed by atoms with Crippen molar-refractivity contribution >= 4 is 64.4 Å². The molecule has 0 fully saturated rings. The van der Waals surface area contributed by atoms with Crippen LogP contribution in [0, 0.1) is 11.3 Å². The van der Waals surface area contributed by atoms with Gasteiger partial charge in [-0.2, -0.15) is 5.26 Å². The van der Waals surface area contributed by atoms with Crippen molar-refractivity contribution in [3.63, 3.8) is 0 Å². The monoisotopic (exact) mass is 655 g/mol. The minimum atomic E-state index is 0.643. The van der Waals surface area contributed by atoms with Crippen LogP contribution in [0.5, 0.6) is 0 Å². The third-order valence-corrected chi connectivity index (χ3v) is 10.7. The van der Waals surface area contributed by atoms with E-state index in [1.165, 1.54) is 4.70 Å². The Hall–Kier alpha value is -6.61. The first-order chi connectivity index (χ1) is 24.7. The van der Waals surface area contributed by atoms with Gasteiger partial charge in [0.15, 0.2) is 5.82 Å². The van der Waals surface area contributed by atoms with Crippen LogP contribution in [-0.2, 0) is 0 Å². The zero-order valence-electron chi connectivity index (χ0n) is 26.6.